The zero-order valence-corrected chi connectivity index (χ0v) is 12.0. The van der Waals surface area contributed by atoms with Gasteiger partial charge in [-0.05, 0) is 36.4 Å². The minimum Gasteiger partial charge on any atom is -0.497 e. The van der Waals surface area contributed by atoms with Gasteiger partial charge in [0.15, 0.2) is 0 Å². The van der Waals surface area contributed by atoms with Crippen molar-refractivity contribution in [2.24, 2.45) is 5.73 Å². The molecule has 0 atom stereocenters. The van der Waals surface area contributed by atoms with Crippen LogP contribution in [0.15, 0.2) is 48.5 Å². The molecule has 0 aliphatic heterocycles. The predicted octanol–water partition coefficient (Wildman–Crippen LogP) is 2.54. The van der Waals surface area contributed by atoms with Crippen molar-refractivity contribution in [3.8, 4) is 22.7 Å². The lowest BCUT2D eigenvalue weighted by Crippen LogP contribution is -2.03. The molecular weight excluding hydrogens is 283 g/mol. The van der Waals surface area contributed by atoms with Crippen molar-refractivity contribution < 1.29 is 9.13 Å². The fourth-order valence-corrected chi connectivity index (χ4v) is 2.27. The molecule has 112 valence electrons. The number of hydrogen-bond donors (Lipinski definition) is 1. The van der Waals surface area contributed by atoms with Gasteiger partial charge in [0.25, 0.3) is 0 Å². The molecule has 0 bridgehead atoms. The van der Waals surface area contributed by atoms with Gasteiger partial charge in [-0.25, -0.2) is 9.07 Å². The minimum atomic E-state index is -0.300. The maximum Gasteiger partial charge on any atom is 0.123 e. The van der Waals surface area contributed by atoms with Crippen molar-refractivity contribution in [3.05, 3.63) is 60.0 Å². The van der Waals surface area contributed by atoms with E-state index < -0.39 is 0 Å². The SMILES string of the molecule is COc1cccc(-c2c(CN)nnn2-c2ccc(F)cc2)c1. The summed E-state index contributed by atoms with van der Waals surface area (Å²) in [4.78, 5) is 0. The second-order valence-electron chi connectivity index (χ2n) is 4.71. The van der Waals surface area contributed by atoms with Crippen LogP contribution in [0.5, 0.6) is 5.75 Å². The van der Waals surface area contributed by atoms with Gasteiger partial charge in [0, 0.05) is 12.1 Å². The van der Waals surface area contributed by atoms with Crippen LogP contribution in [-0.4, -0.2) is 22.1 Å². The summed E-state index contributed by atoms with van der Waals surface area (Å²) in [7, 11) is 1.61. The molecule has 22 heavy (non-hydrogen) atoms. The quantitative estimate of drug-likeness (QED) is 0.804. The second-order valence-corrected chi connectivity index (χ2v) is 4.71. The van der Waals surface area contributed by atoms with E-state index in [-0.39, 0.29) is 12.4 Å². The van der Waals surface area contributed by atoms with E-state index in [1.807, 2.05) is 24.3 Å². The lowest BCUT2D eigenvalue weighted by Gasteiger charge is -2.09. The molecule has 5 nitrogen and oxygen atoms in total. The van der Waals surface area contributed by atoms with Crippen LogP contribution < -0.4 is 10.5 Å². The number of rotatable bonds is 4. The highest BCUT2D eigenvalue weighted by molar-refractivity contribution is 5.66. The van der Waals surface area contributed by atoms with E-state index >= 15 is 0 Å². The molecule has 0 fully saturated rings. The number of ether oxygens (including phenoxy) is 1. The predicted molar refractivity (Wildman–Crippen MR) is 81.2 cm³/mol. The van der Waals surface area contributed by atoms with E-state index in [0.717, 1.165) is 17.0 Å². The van der Waals surface area contributed by atoms with E-state index in [1.54, 1.807) is 23.9 Å². The topological polar surface area (TPSA) is 66.0 Å². The summed E-state index contributed by atoms with van der Waals surface area (Å²) in [6.07, 6.45) is 0. The molecule has 0 saturated carbocycles. The lowest BCUT2D eigenvalue weighted by atomic mass is 10.1. The number of nitrogens with zero attached hydrogens (tertiary/aromatic N) is 3. The van der Waals surface area contributed by atoms with Gasteiger partial charge in [0.2, 0.25) is 0 Å². The maximum atomic E-state index is 13.1. The van der Waals surface area contributed by atoms with E-state index in [2.05, 4.69) is 10.3 Å². The van der Waals surface area contributed by atoms with Crippen LogP contribution in [0, 0.1) is 5.82 Å². The van der Waals surface area contributed by atoms with Crippen LogP contribution in [-0.2, 0) is 6.54 Å². The van der Waals surface area contributed by atoms with Gasteiger partial charge >= 0.3 is 0 Å². The molecule has 0 saturated heterocycles. The first kappa shape index (κ1) is 14.2. The average Bonchev–Trinajstić information content (AvgIpc) is 2.99. The number of halogens is 1. The largest absolute Gasteiger partial charge is 0.497 e. The highest BCUT2D eigenvalue weighted by atomic mass is 19.1. The van der Waals surface area contributed by atoms with Crippen molar-refractivity contribution >= 4 is 0 Å². The van der Waals surface area contributed by atoms with Gasteiger partial charge in [0.05, 0.1) is 18.5 Å². The molecule has 1 heterocycles. The second kappa shape index (κ2) is 5.95. The third-order valence-corrected chi connectivity index (χ3v) is 3.35. The third kappa shape index (κ3) is 2.56. The van der Waals surface area contributed by atoms with Gasteiger partial charge < -0.3 is 10.5 Å². The van der Waals surface area contributed by atoms with Crippen molar-refractivity contribution in [1.82, 2.24) is 15.0 Å². The Hall–Kier alpha value is -2.73. The molecule has 2 aromatic carbocycles. The fourth-order valence-electron chi connectivity index (χ4n) is 2.27. The molecule has 0 aliphatic carbocycles. The molecule has 0 unspecified atom stereocenters. The number of hydrogen-bond acceptors (Lipinski definition) is 4. The zero-order chi connectivity index (χ0) is 15.5. The first-order valence-electron chi connectivity index (χ1n) is 6.78. The summed E-state index contributed by atoms with van der Waals surface area (Å²) < 4.78 is 20.0. The van der Waals surface area contributed by atoms with E-state index in [1.165, 1.54) is 12.1 Å². The Labute approximate surface area is 127 Å². The summed E-state index contributed by atoms with van der Waals surface area (Å²) in [5.41, 5.74) is 8.80. The molecule has 3 aromatic rings. The molecule has 2 N–H and O–H groups in total. The molecule has 0 aliphatic rings. The van der Waals surface area contributed by atoms with Crippen LogP contribution in [0.25, 0.3) is 16.9 Å². The molecular formula is C16H15FN4O. The smallest absolute Gasteiger partial charge is 0.123 e. The highest BCUT2D eigenvalue weighted by Crippen LogP contribution is 2.28. The van der Waals surface area contributed by atoms with E-state index in [0.29, 0.717) is 11.4 Å². The molecule has 0 amide bonds. The number of aromatic nitrogens is 3. The van der Waals surface area contributed by atoms with Crippen molar-refractivity contribution in [2.45, 2.75) is 6.54 Å². The lowest BCUT2D eigenvalue weighted by molar-refractivity contribution is 0.415. The maximum absolute atomic E-state index is 13.1. The van der Waals surface area contributed by atoms with E-state index in [4.69, 9.17) is 10.5 Å². The standard InChI is InChI=1S/C16H15FN4O/c1-22-14-4-2-3-11(9-14)16-15(10-18)19-20-21(16)13-7-5-12(17)6-8-13/h2-9H,10,18H2,1H3. The van der Waals surface area contributed by atoms with Gasteiger partial charge in [-0.3, -0.25) is 0 Å². The Morgan fingerprint density at radius 1 is 1.18 bits per heavy atom. The Kier molecular flexibility index (Phi) is 3.84. The summed E-state index contributed by atoms with van der Waals surface area (Å²) in [5.74, 6) is 0.429. The Morgan fingerprint density at radius 3 is 2.64 bits per heavy atom. The van der Waals surface area contributed by atoms with Gasteiger partial charge in [-0.1, -0.05) is 17.3 Å². The van der Waals surface area contributed by atoms with Crippen molar-refractivity contribution in [3.63, 3.8) is 0 Å². The summed E-state index contributed by atoms with van der Waals surface area (Å²) in [5, 5.41) is 8.26. The Morgan fingerprint density at radius 2 is 1.95 bits per heavy atom. The van der Waals surface area contributed by atoms with Crippen LogP contribution in [0.2, 0.25) is 0 Å². The monoisotopic (exact) mass is 298 g/mol. The summed E-state index contributed by atoms with van der Waals surface area (Å²) >= 11 is 0. The number of benzene rings is 2. The highest BCUT2D eigenvalue weighted by Gasteiger charge is 2.15. The summed E-state index contributed by atoms with van der Waals surface area (Å²) in [6.45, 7) is 0.258. The third-order valence-electron chi connectivity index (χ3n) is 3.35. The first-order valence-corrected chi connectivity index (χ1v) is 6.78. The van der Waals surface area contributed by atoms with Crippen molar-refractivity contribution in [2.75, 3.05) is 7.11 Å². The molecule has 1 aromatic heterocycles. The Bertz CT molecular complexity index is 783. The molecule has 0 radical (unpaired) electrons. The van der Waals surface area contributed by atoms with Crippen LogP contribution >= 0.6 is 0 Å². The molecule has 0 spiro atoms. The minimum absolute atomic E-state index is 0.258. The van der Waals surface area contributed by atoms with Crippen LogP contribution in [0.3, 0.4) is 0 Å². The normalized spacial score (nSPS) is 10.7. The molecule has 3 rings (SSSR count). The zero-order valence-electron chi connectivity index (χ0n) is 12.0. The van der Waals surface area contributed by atoms with Crippen LogP contribution in [0.1, 0.15) is 5.69 Å². The Balaban J connectivity index is 2.16. The van der Waals surface area contributed by atoms with Gasteiger partial charge in [0.1, 0.15) is 17.3 Å². The van der Waals surface area contributed by atoms with Gasteiger partial charge in [-0.2, -0.15) is 0 Å². The first-order chi connectivity index (χ1) is 10.7. The molecule has 6 heteroatoms. The van der Waals surface area contributed by atoms with Crippen molar-refractivity contribution in [1.29, 1.82) is 0 Å². The van der Waals surface area contributed by atoms with E-state index in [9.17, 15) is 4.39 Å². The van der Waals surface area contributed by atoms with Crippen LogP contribution in [0.4, 0.5) is 4.39 Å². The number of methoxy groups -OCH3 is 1. The van der Waals surface area contributed by atoms with Gasteiger partial charge in [-0.15, -0.1) is 5.10 Å². The number of nitrogens with two attached hydrogens (primary N) is 1. The fraction of sp³-hybridized carbons (Fsp3) is 0.125. The summed E-state index contributed by atoms with van der Waals surface area (Å²) in [6, 6.07) is 13.6. The average molecular weight is 298 g/mol.